The zero-order valence-electron chi connectivity index (χ0n) is 20.9. The summed E-state index contributed by atoms with van der Waals surface area (Å²) in [6.07, 6.45) is 5.04. The Balaban J connectivity index is 1.55. The SMILES string of the molecule is COc1ccccc1CN[C@H]1CC(C)(C)[C@@H]2C[C@@](C)(O)CC[C@]12CCC(=O)N1CCOCC1. The van der Waals surface area contributed by atoms with Crippen LogP contribution in [0.3, 0.4) is 0 Å². The minimum absolute atomic E-state index is 0.00963. The molecule has 1 saturated heterocycles. The minimum Gasteiger partial charge on any atom is -0.496 e. The first kappa shape index (κ1) is 24.5. The van der Waals surface area contributed by atoms with Crippen LogP contribution in [0.5, 0.6) is 5.75 Å². The van der Waals surface area contributed by atoms with Crippen LogP contribution >= 0.6 is 0 Å². The summed E-state index contributed by atoms with van der Waals surface area (Å²) >= 11 is 0. The summed E-state index contributed by atoms with van der Waals surface area (Å²) in [7, 11) is 1.72. The van der Waals surface area contributed by atoms with E-state index in [2.05, 4.69) is 31.3 Å². The molecule has 6 nitrogen and oxygen atoms in total. The molecule has 1 aromatic carbocycles. The highest BCUT2D eigenvalue weighted by Gasteiger charge is 2.61. The van der Waals surface area contributed by atoms with Gasteiger partial charge in [-0.05, 0) is 61.8 Å². The van der Waals surface area contributed by atoms with Crippen LogP contribution in [0.1, 0.15) is 64.9 Å². The summed E-state index contributed by atoms with van der Waals surface area (Å²) in [5.74, 6) is 1.53. The van der Waals surface area contributed by atoms with Gasteiger partial charge in [-0.15, -0.1) is 0 Å². The molecule has 0 unspecified atom stereocenters. The number of rotatable bonds is 7. The molecule has 6 heteroatoms. The van der Waals surface area contributed by atoms with Crippen LogP contribution < -0.4 is 10.1 Å². The van der Waals surface area contributed by atoms with Gasteiger partial charge in [-0.2, -0.15) is 0 Å². The van der Waals surface area contributed by atoms with Gasteiger partial charge in [-0.25, -0.2) is 0 Å². The van der Waals surface area contributed by atoms with Crippen LogP contribution in [0.4, 0.5) is 0 Å². The summed E-state index contributed by atoms with van der Waals surface area (Å²) < 4.78 is 11.0. The molecule has 3 fully saturated rings. The molecule has 33 heavy (non-hydrogen) atoms. The van der Waals surface area contributed by atoms with E-state index in [1.807, 2.05) is 24.0 Å². The minimum atomic E-state index is -0.628. The number of carbonyl (C=O) groups is 1. The first-order valence-corrected chi connectivity index (χ1v) is 12.6. The van der Waals surface area contributed by atoms with Gasteiger partial charge in [0, 0.05) is 37.7 Å². The lowest BCUT2D eigenvalue weighted by Crippen LogP contribution is -2.51. The molecule has 184 valence electrons. The average Bonchev–Trinajstić information content (AvgIpc) is 3.02. The van der Waals surface area contributed by atoms with Crippen LogP contribution in [-0.2, 0) is 16.1 Å². The maximum absolute atomic E-state index is 13.1. The van der Waals surface area contributed by atoms with Crippen molar-refractivity contribution < 1.29 is 19.4 Å². The van der Waals surface area contributed by atoms with Crippen LogP contribution in [0.25, 0.3) is 0 Å². The molecular weight excluding hydrogens is 416 g/mol. The molecule has 0 aromatic heterocycles. The van der Waals surface area contributed by atoms with E-state index in [-0.39, 0.29) is 16.7 Å². The number of hydrogen-bond donors (Lipinski definition) is 2. The molecule has 0 bridgehead atoms. The largest absolute Gasteiger partial charge is 0.496 e. The highest BCUT2D eigenvalue weighted by atomic mass is 16.5. The third-order valence-electron chi connectivity index (χ3n) is 8.73. The zero-order valence-corrected chi connectivity index (χ0v) is 20.9. The zero-order chi connectivity index (χ0) is 23.7. The van der Waals surface area contributed by atoms with Crippen molar-refractivity contribution in [2.24, 2.45) is 16.7 Å². The van der Waals surface area contributed by atoms with E-state index in [0.717, 1.165) is 50.0 Å². The predicted octanol–water partition coefficient (Wildman–Crippen LogP) is 3.76. The number of morpholine rings is 1. The summed E-state index contributed by atoms with van der Waals surface area (Å²) in [4.78, 5) is 15.0. The number of carbonyl (C=O) groups excluding carboxylic acids is 1. The van der Waals surface area contributed by atoms with E-state index < -0.39 is 5.60 Å². The number of methoxy groups -OCH3 is 1. The van der Waals surface area contributed by atoms with Crippen molar-refractivity contribution in [2.75, 3.05) is 33.4 Å². The molecule has 1 aliphatic heterocycles. The fourth-order valence-electron chi connectivity index (χ4n) is 6.91. The smallest absolute Gasteiger partial charge is 0.222 e. The van der Waals surface area contributed by atoms with E-state index in [1.165, 1.54) is 0 Å². The fourth-order valence-corrected chi connectivity index (χ4v) is 6.91. The molecule has 4 atom stereocenters. The van der Waals surface area contributed by atoms with Crippen molar-refractivity contribution in [3.05, 3.63) is 29.8 Å². The maximum Gasteiger partial charge on any atom is 0.222 e. The molecule has 4 rings (SSSR count). The highest BCUT2D eigenvalue weighted by Crippen LogP contribution is 2.64. The standard InChI is InChI=1S/C27H42N2O4/c1-25(2)18-23(28-19-20-7-5-6-8-21(20)32-4)27(12-11-26(3,31)17-22(25)27)10-9-24(30)29-13-15-33-16-14-29/h5-8,22-23,28,31H,9-19H2,1-4H3/t22-,23-,26-,27-/m0/s1. The predicted molar refractivity (Wildman–Crippen MR) is 129 cm³/mol. The van der Waals surface area contributed by atoms with Gasteiger partial charge in [0.05, 0.1) is 25.9 Å². The number of ether oxygens (including phenoxy) is 2. The van der Waals surface area contributed by atoms with E-state index in [1.54, 1.807) is 7.11 Å². The number of nitrogens with zero attached hydrogens (tertiary/aromatic N) is 1. The molecule has 0 radical (unpaired) electrons. The molecule has 1 aromatic rings. The van der Waals surface area contributed by atoms with Crippen molar-refractivity contribution in [1.29, 1.82) is 0 Å². The molecule has 1 heterocycles. The van der Waals surface area contributed by atoms with Gasteiger partial charge < -0.3 is 24.8 Å². The number of fused-ring (bicyclic) bond motifs is 1. The van der Waals surface area contributed by atoms with E-state index in [9.17, 15) is 9.90 Å². The number of hydrogen-bond acceptors (Lipinski definition) is 5. The van der Waals surface area contributed by atoms with Crippen LogP contribution in [0, 0.1) is 16.7 Å². The van der Waals surface area contributed by atoms with Crippen molar-refractivity contribution in [3.63, 3.8) is 0 Å². The van der Waals surface area contributed by atoms with Gasteiger partial charge in [0.2, 0.25) is 5.91 Å². The summed E-state index contributed by atoms with van der Waals surface area (Å²) in [6.45, 7) is 10.1. The van der Waals surface area contributed by atoms with Crippen molar-refractivity contribution >= 4 is 5.91 Å². The number of amides is 1. The Labute approximate surface area is 199 Å². The second-order valence-corrected chi connectivity index (χ2v) is 11.4. The Morgan fingerprint density at radius 1 is 1.18 bits per heavy atom. The third kappa shape index (κ3) is 5.08. The molecular formula is C27H42N2O4. The van der Waals surface area contributed by atoms with Crippen molar-refractivity contribution in [2.45, 2.75) is 77.5 Å². The molecule has 3 aliphatic rings. The van der Waals surface area contributed by atoms with Crippen LogP contribution in [0.15, 0.2) is 24.3 Å². The molecule has 2 saturated carbocycles. The van der Waals surface area contributed by atoms with Crippen molar-refractivity contribution in [1.82, 2.24) is 10.2 Å². The van der Waals surface area contributed by atoms with E-state index in [4.69, 9.17) is 9.47 Å². The summed E-state index contributed by atoms with van der Waals surface area (Å²) in [6, 6.07) is 8.47. The normalized spacial score (nSPS) is 33.5. The Morgan fingerprint density at radius 2 is 1.91 bits per heavy atom. The number of nitrogens with one attached hydrogen (secondary N) is 1. The Morgan fingerprint density at radius 3 is 2.64 bits per heavy atom. The van der Waals surface area contributed by atoms with E-state index >= 15 is 0 Å². The molecule has 1 amide bonds. The lowest BCUT2D eigenvalue weighted by Gasteiger charge is -2.51. The quantitative estimate of drug-likeness (QED) is 0.651. The lowest BCUT2D eigenvalue weighted by molar-refractivity contribution is -0.137. The fraction of sp³-hybridized carbons (Fsp3) is 0.741. The van der Waals surface area contributed by atoms with Gasteiger partial charge in [0.15, 0.2) is 0 Å². The topological polar surface area (TPSA) is 71.0 Å². The van der Waals surface area contributed by atoms with Gasteiger partial charge in [0.25, 0.3) is 0 Å². The molecule has 2 aliphatic carbocycles. The Hall–Kier alpha value is -1.63. The first-order valence-electron chi connectivity index (χ1n) is 12.6. The first-order chi connectivity index (χ1) is 15.7. The monoisotopic (exact) mass is 458 g/mol. The maximum atomic E-state index is 13.1. The average molecular weight is 459 g/mol. The summed E-state index contributed by atoms with van der Waals surface area (Å²) in [5.41, 5.74) is 0.640. The van der Waals surface area contributed by atoms with E-state index in [0.29, 0.717) is 44.7 Å². The van der Waals surface area contributed by atoms with Crippen LogP contribution in [-0.4, -0.2) is 61.0 Å². The highest BCUT2D eigenvalue weighted by molar-refractivity contribution is 5.76. The molecule has 2 N–H and O–H groups in total. The molecule has 0 spiro atoms. The van der Waals surface area contributed by atoms with Crippen LogP contribution in [0.2, 0.25) is 0 Å². The third-order valence-corrected chi connectivity index (χ3v) is 8.73. The Kier molecular flexibility index (Phi) is 7.09. The Bertz CT molecular complexity index is 833. The van der Waals surface area contributed by atoms with Gasteiger partial charge in [-0.1, -0.05) is 32.0 Å². The number of para-hydroxylation sites is 1. The second kappa shape index (κ2) is 9.55. The number of benzene rings is 1. The van der Waals surface area contributed by atoms with Gasteiger partial charge in [0.1, 0.15) is 5.75 Å². The number of aliphatic hydroxyl groups is 1. The lowest BCUT2D eigenvalue weighted by atomic mass is 9.57. The summed E-state index contributed by atoms with van der Waals surface area (Å²) in [5, 5.41) is 14.9. The van der Waals surface area contributed by atoms with Crippen molar-refractivity contribution in [3.8, 4) is 5.75 Å². The van der Waals surface area contributed by atoms with Gasteiger partial charge >= 0.3 is 0 Å². The second-order valence-electron chi connectivity index (χ2n) is 11.4. The van der Waals surface area contributed by atoms with Gasteiger partial charge in [-0.3, -0.25) is 4.79 Å².